The van der Waals surface area contributed by atoms with Crippen LogP contribution in [0.15, 0.2) is 54.3 Å². The van der Waals surface area contributed by atoms with E-state index in [1.165, 1.54) is 28.5 Å². The van der Waals surface area contributed by atoms with Crippen LogP contribution in [0.25, 0.3) is 0 Å². The van der Waals surface area contributed by atoms with Crippen LogP contribution in [0.1, 0.15) is 15.9 Å². The molecule has 1 amide bonds. The van der Waals surface area contributed by atoms with Crippen LogP contribution in [0.3, 0.4) is 0 Å². The Balaban J connectivity index is 1.90. The summed E-state index contributed by atoms with van der Waals surface area (Å²) in [6.45, 7) is 0.312. The molecule has 1 aromatic carbocycles. The van der Waals surface area contributed by atoms with Gasteiger partial charge in [-0.05, 0) is 23.8 Å². The van der Waals surface area contributed by atoms with Gasteiger partial charge in [0.25, 0.3) is 5.91 Å². The van der Waals surface area contributed by atoms with E-state index in [4.69, 9.17) is 4.74 Å². The van der Waals surface area contributed by atoms with E-state index in [9.17, 15) is 9.18 Å². The van der Waals surface area contributed by atoms with Gasteiger partial charge < -0.3 is 4.74 Å². The lowest BCUT2D eigenvalue weighted by molar-refractivity contribution is 0.0984. The zero-order valence-electron chi connectivity index (χ0n) is 12.8. The fourth-order valence-corrected chi connectivity index (χ4v) is 2.81. The van der Waals surface area contributed by atoms with Crippen molar-refractivity contribution >= 4 is 22.4 Å². The molecule has 0 aliphatic rings. The Labute approximate surface area is 142 Å². The second-order valence-corrected chi connectivity index (χ2v) is 5.82. The molecule has 2 heterocycles. The number of thiazole rings is 1. The molecule has 2 aromatic heterocycles. The number of nitrogens with zero attached hydrogens (tertiary/aromatic N) is 3. The fraction of sp³-hybridized carbons (Fsp3) is 0.118. The molecule has 0 spiro atoms. The van der Waals surface area contributed by atoms with E-state index in [1.807, 2.05) is 24.3 Å². The molecule has 7 heteroatoms. The number of carbonyl (C=O) groups excluding carboxylic acids is 1. The summed E-state index contributed by atoms with van der Waals surface area (Å²) in [5.41, 5.74) is 1.09. The molecule has 0 N–H and O–H groups in total. The molecule has 0 unspecified atom stereocenters. The van der Waals surface area contributed by atoms with Crippen molar-refractivity contribution in [2.45, 2.75) is 6.54 Å². The number of carbonyl (C=O) groups is 1. The Morgan fingerprint density at radius 3 is 2.71 bits per heavy atom. The molecule has 0 saturated heterocycles. The van der Waals surface area contributed by atoms with Gasteiger partial charge in [-0.25, -0.2) is 9.37 Å². The zero-order valence-corrected chi connectivity index (χ0v) is 13.7. The summed E-state index contributed by atoms with van der Waals surface area (Å²) in [6.07, 6.45) is 4.03. The average Bonchev–Trinajstić information content (AvgIpc) is 3.14. The largest absolute Gasteiger partial charge is 0.497 e. The van der Waals surface area contributed by atoms with Crippen LogP contribution in [0.4, 0.5) is 9.52 Å². The molecular formula is C17H14FN3O2S. The van der Waals surface area contributed by atoms with Crippen molar-refractivity contribution in [3.8, 4) is 5.75 Å². The number of amides is 1. The summed E-state index contributed by atoms with van der Waals surface area (Å²) >= 11 is 1.34. The second kappa shape index (κ2) is 7.18. The summed E-state index contributed by atoms with van der Waals surface area (Å²) in [6, 6.07) is 8.56. The standard InChI is InChI=1S/C17H14FN3O2S/c1-23-15-4-2-12(3-5-15)11-21(17-20-6-7-24-17)16(22)13-8-14(18)10-19-9-13/h2-10H,11H2,1H3. The Hall–Kier alpha value is -2.80. The Kier molecular flexibility index (Phi) is 4.81. The molecule has 0 aliphatic carbocycles. The quantitative estimate of drug-likeness (QED) is 0.711. The predicted octanol–water partition coefficient (Wildman–Crippen LogP) is 3.53. The molecule has 3 aromatic rings. The van der Waals surface area contributed by atoms with Crippen LogP contribution < -0.4 is 9.64 Å². The smallest absolute Gasteiger partial charge is 0.262 e. The first-order valence-corrected chi connectivity index (χ1v) is 8.00. The molecule has 0 radical (unpaired) electrons. The van der Waals surface area contributed by atoms with E-state index in [2.05, 4.69) is 9.97 Å². The molecular weight excluding hydrogens is 329 g/mol. The molecule has 3 rings (SSSR count). The van der Waals surface area contributed by atoms with Gasteiger partial charge >= 0.3 is 0 Å². The molecule has 0 saturated carbocycles. The van der Waals surface area contributed by atoms with Gasteiger partial charge in [-0.2, -0.15) is 0 Å². The molecule has 5 nitrogen and oxygen atoms in total. The highest BCUT2D eigenvalue weighted by atomic mass is 32.1. The molecule has 0 atom stereocenters. The molecule has 0 fully saturated rings. The minimum absolute atomic E-state index is 0.179. The van der Waals surface area contributed by atoms with Crippen molar-refractivity contribution in [2.24, 2.45) is 0 Å². The number of halogens is 1. The van der Waals surface area contributed by atoms with E-state index in [0.29, 0.717) is 11.7 Å². The lowest BCUT2D eigenvalue weighted by atomic mass is 10.2. The van der Waals surface area contributed by atoms with Gasteiger partial charge in [-0.1, -0.05) is 12.1 Å². The van der Waals surface area contributed by atoms with Crippen molar-refractivity contribution < 1.29 is 13.9 Å². The lowest BCUT2D eigenvalue weighted by Gasteiger charge is -2.20. The summed E-state index contributed by atoms with van der Waals surface area (Å²) in [5.74, 6) is -0.169. The highest BCUT2D eigenvalue weighted by Crippen LogP contribution is 2.23. The van der Waals surface area contributed by atoms with Crippen molar-refractivity contribution in [3.05, 3.63) is 71.2 Å². The maximum atomic E-state index is 13.4. The van der Waals surface area contributed by atoms with Crippen LogP contribution in [0, 0.1) is 5.82 Å². The highest BCUT2D eigenvalue weighted by Gasteiger charge is 2.21. The summed E-state index contributed by atoms with van der Waals surface area (Å²) in [4.78, 5) is 22.2. The van der Waals surface area contributed by atoms with Crippen LogP contribution in [-0.4, -0.2) is 23.0 Å². The minimum atomic E-state index is -0.551. The van der Waals surface area contributed by atoms with Gasteiger partial charge in [-0.15, -0.1) is 11.3 Å². The van der Waals surface area contributed by atoms with Crippen molar-refractivity contribution in [1.29, 1.82) is 0 Å². The SMILES string of the molecule is COc1ccc(CN(C(=O)c2cncc(F)c2)c2nccs2)cc1. The van der Waals surface area contributed by atoms with Crippen LogP contribution >= 0.6 is 11.3 Å². The predicted molar refractivity (Wildman–Crippen MR) is 89.8 cm³/mol. The molecule has 122 valence electrons. The average molecular weight is 343 g/mol. The van der Waals surface area contributed by atoms with Gasteiger partial charge in [-0.3, -0.25) is 14.7 Å². The summed E-state index contributed by atoms with van der Waals surface area (Å²) in [5, 5.41) is 2.33. The first kappa shape index (κ1) is 16.1. The Morgan fingerprint density at radius 1 is 1.29 bits per heavy atom. The number of anilines is 1. The van der Waals surface area contributed by atoms with Gasteiger partial charge in [0.15, 0.2) is 5.13 Å². The number of methoxy groups -OCH3 is 1. The number of rotatable bonds is 5. The van der Waals surface area contributed by atoms with Crippen LogP contribution in [-0.2, 0) is 6.54 Å². The van der Waals surface area contributed by atoms with Crippen molar-refractivity contribution in [1.82, 2.24) is 9.97 Å². The van der Waals surface area contributed by atoms with E-state index >= 15 is 0 Å². The second-order valence-electron chi connectivity index (χ2n) is 4.95. The summed E-state index contributed by atoms with van der Waals surface area (Å²) in [7, 11) is 1.59. The lowest BCUT2D eigenvalue weighted by Crippen LogP contribution is -2.30. The van der Waals surface area contributed by atoms with E-state index < -0.39 is 5.82 Å². The fourth-order valence-electron chi connectivity index (χ4n) is 2.17. The molecule has 0 bridgehead atoms. The third kappa shape index (κ3) is 3.57. The maximum Gasteiger partial charge on any atom is 0.262 e. The Morgan fingerprint density at radius 2 is 2.08 bits per heavy atom. The number of aromatic nitrogens is 2. The van der Waals surface area contributed by atoms with Crippen LogP contribution in [0.5, 0.6) is 5.75 Å². The van der Waals surface area contributed by atoms with Gasteiger partial charge in [0.2, 0.25) is 0 Å². The van der Waals surface area contributed by atoms with E-state index in [-0.39, 0.29) is 11.5 Å². The monoisotopic (exact) mass is 343 g/mol. The van der Waals surface area contributed by atoms with E-state index in [0.717, 1.165) is 17.5 Å². The van der Waals surface area contributed by atoms with Crippen molar-refractivity contribution in [3.63, 3.8) is 0 Å². The number of hydrogen-bond acceptors (Lipinski definition) is 5. The summed E-state index contributed by atoms with van der Waals surface area (Å²) < 4.78 is 18.5. The number of ether oxygens (including phenoxy) is 1. The number of hydrogen-bond donors (Lipinski definition) is 0. The van der Waals surface area contributed by atoms with E-state index in [1.54, 1.807) is 18.7 Å². The van der Waals surface area contributed by atoms with Gasteiger partial charge in [0.05, 0.1) is 25.4 Å². The van der Waals surface area contributed by atoms with Gasteiger partial charge in [0.1, 0.15) is 11.6 Å². The minimum Gasteiger partial charge on any atom is -0.497 e. The topological polar surface area (TPSA) is 55.3 Å². The highest BCUT2D eigenvalue weighted by molar-refractivity contribution is 7.13. The third-order valence-electron chi connectivity index (χ3n) is 3.35. The number of pyridine rings is 1. The van der Waals surface area contributed by atoms with Crippen LogP contribution in [0.2, 0.25) is 0 Å². The normalized spacial score (nSPS) is 10.4. The third-order valence-corrected chi connectivity index (χ3v) is 4.14. The number of benzene rings is 1. The molecule has 24 heavy (non-hydrogen) atoms. The zero-order chi connectivity index (χ0) is 16.9. The molecule has 0 aliphatic heterocycles. The van der Waals surface area contributed by atoms with Gasteiger partial charge in [0, 0.05) is 17.8 Å². The Bertz CT molecular complexity index is 822. The first-order chi connectivity index (χ1) is 11.7. The van der Waals surface area contributed by atoms with Crippen molar-refractivity contribution in [2.75, 3.05) is 12.0 Å². The first-order valence-electron chi connectivity index (χ1n) is 7.12. The maximum absolute atomic E-state index is 13.4.